The summed E-state index contributed by atoms with van der Waals surface area (Å²) in [4.78, 5) is 43.0. The topological polar surface area (TPSA) is 123 Å². The lowest BCUT2D eigenvalue weighted by molar-refractivity contribution is -0.119. The number of halogens is 2. The first kappa shape index (κ1) is 27.9. The standard InChI is InChI=1S/C32H30ClFN4O4/c1-15-18(6-5-7-24(15)38-30(40)20-11-9-17(34)13-25(20)37(4)31(38)41)26-22(33)14-21(29(35)39)28-27(26)19-10-8-16(32(2,3)42)12-23(19)36-28/h5-13,21-22,26,36,42H,14H2,1-4H3,(H2,35,39)/t21-,22+,26+/m0/s1. The van der Waals surface area contributed by atoms with Gasteiger partial charge in [0.25, 0.3) is 5.56 Å². The van der Waals surface area contributed by atoms with Crippen LogP contribution in [-0.2, 0) is 17.4 Å². The van der Waals surface area contributed by atoms with E-state index in [1.54, 1.807) is 26.0 Å². The maximum absolute atomic E-state index is 13.9. The molecule has 3 aromatic carbocycles. The number of carbonyl (C=O) groups is 1. The van der Waals surface area contributed by atoms with Gasteiger partial charge in [0.05, 0.1) is 28.1 Å². The molecule has 0 spiro atoms. The van der Waals surface area contributed by atoms with Gasteiger partial charge in [-0.2, -0.15) is 0 Å². The van der Waals surface area contributed by atoms with Crippen LogP contribution in [0.25, 0.3) is 27.5 Å². The molecule has 10 heteroatoms. The van der Waals surface area contributed by atoms with Crippen molar-refractivity contribution >= 4 is 39.3 Å². The van der Waals surface area contributed by atoms with Crippen LogP contribution in [0.1, 0.15) is 60.1 Å². The van der Waals surface area contributed by atoms with Crippen LogP contribution in [-0.4, -0.2) is 30.5 Å². The van der Waals surface area contributed by atoms with E-state index in [0.717, 1.165) is 26.6 Å². The Morgan fingerprint density at radius 3 is 2.52 bits per heavy atom. The Hall–Kier alpha value is -4.21. The number of fused-ring (bicyclic) bond motifs is 4. The zero-order chi connectivity index (χ0) is 30.2. The molecule has 0 unspecified atom stereocenters. The maximum Gasteiger partial charge on any atom is 0.335 e. The first-order valence-electron chi connectivity index (χ1n) is 13.6. The van der Waals surface area contributed by atoms with Crippen molar-refractivity contribution in [3.8, 4) is 5.69 Å². The third kappa shape index (κ3) is 4.18. The largest absolute Gasteiger partial charge is 0.386 e. The summed E-state index contributed by atoms with van der Waals surface area (Å²) in [5.74, 6) is -2.09. The van der Waals surface area contributed by atoms with Crippen molar-refractivity contribution in [1.82, 2.24) is 14.1 Å². The van der Waals surface area contributed by atoms with Crippen molar-refractivity contribution in [1.29, 1.82) is 0 Å². The summed E-state index contributed by atoms with van der Waals surface area (Å²) in [5.41, 5.74) is 8.55. The molecule has 2 heterocycles. The van der Waals surface area contributed by atoms with Crippen LogP contribution in [0.5, 0.6) is 0 Å². The van der Waals surface area contributed by atoms with Crippen molar-refractivity contribution < 1.29 is 14.3 Å². The predicted molar refractivity (Wildman–Crippen MR) is 161 cm³/mol. The lowest BCUT2D eigenvalue weighted by atomic mass is 9.74. The summed E-state index contributed by atoms with van der Waals surface area (Å²) in [6.07, 6.45) is 0.284. The van der Waals surface area contributed by atoms with Gasteiger partial charge in [0, 0.05) is 34.9 Å². The lowest BCUT2D eigenvalue weighted by Crippen LogP contribution is -2.38. The van der Waals surface area contributed by atoms with E-state index in [2.05, 4.69) is 4.98 Å². The van der Waals surface area contributed by atoms with Crippen LogP contribution in [0.15, 0.2) is 64.2 Å². The highest BCUT2D eigenvalue weighted by molar-refractivity contribution is 6.22. The van der Waals surface area contributed by atoms with Gasteiger partial charge in [-0.3, -0.25) is 14.2 Å². The van der Waals surface area contributed by atoms with E-state index in [1.807, 2.05) is 31.2 Å². The highest BCUT2D eigenvalue weighted by Gasteiger charge is 2.41. The molecule has 0 saturated heterocycles. The maximum atomic E-state index is 13.9. The molecule has 0 aliphatic heterocycles. The van der Waals surface area contributed by atoms with Crippen molar-refractivity contribution in [3.63, 3.8) is 0 Å². The quantitative estimate of drug-likeness (QED) is 0.266. The fourth-order valence-electron chi connectivity index (χ4n) is 6.36. The number of primary amides is 1. The fourth-order valence-corrected chi connectivity index (χ4v) is 6.79. The van der Waals surface area contributed by atoms with Crippen LogP contribution in [0.4, 0.5) is 4.39 Å². The van der Waals surface area contributed by atoms with Crippen molar-refractivity contribution in [2.45, 2.75) is 50.0 Å². The summed E-state index contributed by atoms with van der Waals surface area (Å²) in [5, 5.41) is 11.1. The Bertz CT molecular complexity index is 2050. The monoisotopic (exact) mass is 588 g/mol. The summed E-state index contributed by atoms with van der Waals surface area (Å²) in [6.45, 7) is 5.23. The first-order valence-corrected chi connectivity index (χ1v) is 14.1. The number of nitrogens with one attached hydrogen (secondary N) is 1. The number of carbonyl (C=O) groups excluding carboxylic acids is 1. The van der Waals surface area contributed by atoms with Crippen molar-refractivity contribution in [3.05, 3.63) is 109 Å². The number of hydrogen-bond donors (Lipinski definition) is 3. The molecule has 0 radical (unpaired) electrons. The molecule has 8 nitrogen and oxygen atoms in total. The average Bonchev–Trinajstić information content (AvgIpc) is 3.30. The summed E-state index contributed by atoms with van der Waals surface area (Å²) >= 11 is 7.06. The van der Waals surface area contributed by atoms with Gasteiger partial charge in [0.2, 0.25) is 5.91 Å². The van der Waals surface area contributed by atoms with Crippen LogP contribution >= 0.6 is 11.6 Å². The normalized spacial score (nSPS) is 18.9. The second kappa shape index (κ2) is 9.68. The highest BCUT2D eigenvalue weighted by Crippen LogP contribution is 2.49. The number of H-pyrrole nitrogens is 1. The molecule has 0 fully saturated rings. The SMILES string of the molecule is Cc1c([C@H]2c3c([nH]c4cc(C(C)(C)O)ccc34)[C@@H](C(N)=O)C[C@H]2Cl)cccc1-n1c(=O)c2ccc(F)cc2n(C)c1=O. The average molecular weight is 589 g/mol. The second-order valence-electron chi connectivity index (χ2n) is 11.6. The minimum absolute atomic E-state index is 0.203. The van der Waals surface area contributed by atoms with Gasteiger partial charge in [-0.25, -0.2) is 13.8 Å². The number of rotatable bonds is 4. The number of aryl methyl sites for hydroxylation is 1. The Balaban J connectivity index is 1.60. The molecular weight excluding hydrogens is 559 g/mol. The van der Waals surface area contributed by atoms with E-state index < -0.39 is 45.8 Å². The number of nitrogens with zero attached hydrogens (tertiary/aromatic N) is 2. The minimum Gasteiger partial charge on any atom is -0.386 e. The number of aliphatic hydroxyl groups is 1. The molecule has 1 aliphatic rings. The lowest BCUT2D eigenvalue weighted by Gasteiger charge is -2.33. The second-order valence-corrected chi connectivity index (χ2v) is 12.2. The van der Waals surface area contributed by atoms with Gasteiger partial charge in [0.15, 0.2) is 0 Å². The zero-order valence-electron chi connectivity index (χ0n) is 23.5. The van der Waals surface area contributed by atoms with E-state index in [1.165, 1.54) is 29.8 Å². The molecule has 216 valence electrons. The number of aromatic nitrogens is 3. The summed E-state index contributed by atoms with van der Waals surface area (Å²) in [6, 6.07) is 14.7. The Morgan fingerprint density at radius 1 is 1.12 bits per heavy atom. The minimum atomic E-state index is -1.08. The van der Waals surface area contributed by atoms with E-state index in [-0.39, 0.29) is 17.3 Å². The predicted octanol–water partition coefficient (Wildman–Crippen LogP) is 4.56. The molecule has 0 bridgehead atoms. The molecule has 3 atom stereocenters. The molecule has 4 N–H and O–H groups in total. The molecule has 1 aliphatic carbocycles. The van der Waals surface area contributed by atoms with Crippen LogP contribution in [0, 0.1) is 12.7 Å². The third-order valence-electron chi connectivity index (χ3n) is 8.56. The highest BCUT2D eigenvalue weighted by atomic mass is 35.5. The number of amides is 1. The van der Waals surface area contributed by atoms with Gasteiger partial charge in [0.1, 0.15) is 5.82 Å². The summed E-state index contributed by atoms with van der Waals surface area (Å²) in [7, 11) is 1.50. The number of aromatic amines is 1. The Labute approximate surface area is 245 Å². The van der Waals surface area contributed by atoms with Gasteiger partial charge in [-0.15, -0.1) is 11.6 Å². The fraction of sp³-hybridized carbons (Fsp3) is 0.281. The number of alkyl halides is 1. The van der Waals surface area contributed by atoms with Crippen LogP contribution < -0.4 is 17.0 Å². The van der Waals surface area contributed by atoms with E-state index in [9.17, 15) is 23.9 Å². The molecule has 2 aromatic heterocycles. The Kier molecular flexibility index (Phi) is 6.44. The number of nitrogens with two attached hydrogens (primary N) is 1. The van der Waals surface area contributed by atoms with Gasteiger partial charge in [-0.1, -0.05) is 24.3 Å². The molecule has 42 heavy (non-hydrogen) atoms. The molecular formula is C32H30ClFN4O4. The van der Waals surface area contributed by atoms with E-state index in [0.29, 0.717) is 22.5 Å². The van der Waals surface area contributed by atoms with Gasteiger partial charge < -0.3 is 15.8 Å². The zero-order valence-corrected chi connectivity index (χ0v) is 24.3. The number of hydrogen-bond acceptors (Lipinski definition) is 4. The molecule has 1 amide bonds. The van der Waals surface area contributed by atoms with E-state index >= 15 is 0 Å². The first-order chi connectivity index (χ1) is 19.8. The Morgan fingerprint density at radius 2 is 1.83 bits per heavy atom. The van der Waals surface area contributed by atoms with Crippen LogP contribution in [0.3, 0.4) is 0 Å². The molecule has 5 aromatic rings. The molecule has 0 saturated carbocycles. The number of benzene rings is 3. The smallest absolute Gasteiger partial charge is 0.335 e. The summed E-state index contributed by atoms with van der Waals surface area (Å²) < 4.78 is 16.3. The molecule has 6 rings (SSSR count). The van der Waals surface area contributed by atoms with Gasteiger partial charge >= 0.3 is 5.69 Å². The van der Waals surface area contributed by atoms with Crippen LogP contribution in [0.2, 0.25) is 0 Å². The van der Waals surface area contributed by atoms with Crippen molar-refractivity contribution in [2.24, 2.45) is 12.8 Å². The van der Waals surface area contributed by atoms with E-state index in [4.69, 9.17) is 17.3 Å². The van der Waals surface area contributed by atoms with Gasteiger partial charge in [-0.05, 0) is 79.8 Å². The van der Waals surface area contributed by atoms with Crippen molar-refractivity contribution in [2.75, 3.05) is 0 Å². The third-order valence-corrected chi connectivity index (χ3v) is 8.99.